The number of aliphatic hydroxyl groups is 13. The zero-order chi connectivity index (χ0) is 55.9. The van der Waals surface area contributed by atoms with Crippen molar-refractivity contribution in [1.82, 2.24) is 26.6 Å². The number of ether oxygens (including phenoxy) is 8. The lowest BCUT2D eigenvalue weighted by Gasteiger charge is -2.50. The van der Waals surface area contributed by atoms with Crippen LogP contribution in [0.15, 0.2) is 22.9 Å². The molecule has 3 aliphatic heterocycles. The van der Waals surface area contributed by atoms with Crippen LogP contribution in [0.25, 0.3) is 0 Å². The van der Waals surface area contributed by atoms with Crippen molar-refractivity contribution in [3.05, 3.63) is 22.9 Å². The number of nitrogens with one attached hydrogen (secondary N) is 5. The van der Waals surface area contributed by atoms with E-state index >= 15 is 0 Å². The van der Waals surface area contributed by atoms with Crippen LogP contribution in [0, 0.1) is 0 Å². The van der Waals surface area contributed by atoms with Crippen LogP contribution in [0.3, 0.4) is 0 Å². The molecule has 0 spiro atoms. The van der Waals surface area contributed by atoms with Gasteiger partial charge < -0.3 is 131 Å². The smallest absolute Gasteiger partial charge is 0.302 e. The molecule has 0 aromatic carbocycles. The first-order valence-corrected chi connectivity index (χ1v) is 22.8. The van der Waals surface area contributed by atoms with E-state index in [0.29, 0.717) is 0 Å². The fourth-order valence-electron chi connectivity index (χ4n) is 7.96. The summed E-state index contributed by atoms with van der Waals surface area (Å²) in [5.74, 6) is -7.35. The van der Waals surface area contributed by atoms with Crippen molar-refractivity contribution in [2.24, 2.45) is 0 Å². The Balaban J connectivity index is 2.03. The molecule has 3 heterocycles. The summed E-state index contributed by atoms with van der Waals surface area (Å²) in [6.07, 6.45) is -31.9. The summed E-state index contributed by atoms with van der Waals surface area (Å²) in [6.45, 7) is 1.69. The van der Waals surface area contributed by atoms with Gasteiger partial charge in [0.2, 0.25) is 35.8 Å². The van der Waals surface area contributed by atoms with Gasteiger partial charge in [0.25, 0.3) is 0 Å². The molecular weight excluding hydrogens is 1010 g/mol. The Kier molecular flexibility index (Phi) is 25.3. The number of esters is 1. The van der Waals surface area contributed by atoms with Crippen molar-refractivity contribution in [2.75, 3.05) is 33.0 Å². The van der Waals surface area contributed by atoms with Crippen LogP contribution in [0.5, 0.6) is 0 Å². The molecule has 18 atom stereocenters. The van der Waals surface area contributed by atoms with Gasteiger partial charge in [-0.05, 0) is 0 Å². The predicted molar refractivity (Wildman–Crippen MR) is 238 cm³/mol. The summed E-state index contributed by atoms with van der Waals surface area (Å²) in [5, 5.41) is 151. The fraction of sp³-hybridized carbons (Fsp3) is 0.762. The van der Waals surface area contributed by atoms with Crippen LogP contribution in [-0.2, 0) is 66.7 Å². The lowest BCUT2D eigenvalue weighted by atomic mass is 9.93. The average Bonchev–Trinajstić information content (AvgIpc) is 3.31. The van der Waals surface area contributed by atoms with E-state index in [9.17, 15) is 95.2 Å². The molecule has 32 heteroatoms. The molecule has 0 radical (unpaired) electrons. The lowest BCUT2D eigenvalue weighted by Crippen LogP contribution is -2.71. The molecular formula is C42H69N5O27. The van der Waals surface area contributed by atoms with Crippen molar-refractivity contribution in [2.45, 2.75) is 171 Å². The number of rotatable bonds is 25. The Hall–Kier alpha value is -4.82. The van der Waals surface area contributed by atoms with Crippen LogP contribution in [0.2, 0.25) is 0 Å². The molecule has 0 aromatic heterocycles. The third-order valence-electron chi connectivity index (χ3n) is 11.2. The molecule has 0 aromatic rings. The topological polar surface area (TPSA) is 499 Å². The highest BCUT2D eigenvalue weighted by atomic mass is 16.8. The second-order valence-electron chi connectivity index (χ2n) is 17.1. The highest BCUT2D eigenvalue weighted by Crippen LogP contribution is 2.34. The van der Waals surface area contributed by atoms with Crippen molar-refractivity contribution in [3.8, 4) is 0 Å². The summed E-state index contributed by atoms with van der Waals surface area (Å²) < 4.78 is 46.0. The van der Waals surface area contributed by atoms with Crippen LogP contribution >= 0.6 is 0 Å². The van der Waals surface area contributed by atoms with Gasteiger partial charge in [0, 0.05) is 67.6 Å². The van der Waals surface area contributed by atoms with E-state index in [1.807, 2.05) is 5.32 Å². The summed E-state index contributed by atoms with van der Waals surface area (Å²) >= 11 is 0. The molecule has 0 aliphatic carbocycles. The number of amides is 5. The van der Waals surface area contributed by atoms with E-state index in [2.05, 4.69) is 21.3 Å². The summed E-state index contributed by atoms with van der Waals surface area (Å²) in [4.78, 5) is 73.0. The average molecular weight is 1080 g/mol. The third-order valence-corrected chi connectivity index (χ3v) is 11.2. The molecule has 3 rings (SSSR count). The van der Waals surface area contributed by atoms with Crippen molar-refractivity contribution < 1.29 is 133 Å². The predicted octanol–water partition coefficient (Wildman–Crippen LogP) is -8.59. The van der Waals surface area contributed by atoms with E-state index in [-0.39, 0.29) is 0 Å². The Labute approximate surface area is 421 Å². The van der Waals surface area contributed by atoms with Gasteiger partial charge in [-0.1, -0.05) is 0 Å². The van der Waals surface area contributed by atoms with Gasteiger partial charge in [0.1, 0.15) is 115 Å². The molecule has 0 bridgehead atoms. The Morgan fingerprint density at radius 2 is 0.932 bits per heavy atom. The highest BCUT2D eigenvalue weighted by Gasteiger charge is 2.55. The maximum atomic E-state index is 12.6. The SMILES string of the molecule is CC(=O)N/C(=C(\O)C(CCO)OC1OC(CO)C(OC2OC(CO)C(OC3OC(COC(C)=O)C(O)C(O)C3NC(C)=O)C(O)C2NC(C)=O)C(O)C1NC(C)=O)C(O)OC(CCO)/C(O)=C(\NC(C)=O)C(O)O. The van der Waals surface area contributed by atoms with E-state index in [1.165, 1.54) is 0 Å². The molecule has 3 saturated heterocycles. The number of hydrogen-bond acceptors (Lipinski definition) is 27. The summed E-state index contributed by atoms with van der Waals surface area (Å²) in [6, 6.07) is -5.09. The van der Waals surface area contributed by atoms with Crippen LogP contribution in [0.4, 0.5) is 0 Å². The summed E-state index contributed by atoms with van der Waals surface area (Å²) in [7, 11) is 0. The monoisotopic (exact) mass is 1080 g/mol. The number of carbonyl (C=O) groups is 6. The second kappa shape index (κ2) is 29.5. The molecule has 18 unspecified atom stereocenters. The molecule has 5 amide bonds. The molecule has 3 fully saturated rings. The van der Waals surface area contributed by atoms with E-state index < -0.39 is 221 Å². The highest BCUT2D eigenvalue weighted by molar-refractivity contribution is 5.76. The molecule has 3 aliphatic rings. The largest absolute Gasteiger partial charge is 0.507 e. The molecule has 32 nitrogen and oxygen atoms in total. The van der Waals surface area contributed by atoms with Gasteiger partial charge in [-0.25, -0.2) is 0 Å². The maximum absolute atomic E-state index is 12.6. The number of carbonyl (C=O) groups excluding carboxylic acids is 6. The van der Waals surface area contributed by atoms with Gasteiger partial charge in [-0.15, -0.1) is 0 Å². The minimum absolute atomic E-state index is 0.611. The van der Waals surface area contributed by atoms with Crippen molar-refractivity contribution in [1.29, 1.82) is 0 Å². The van der Waals surface area contributed by atoms with Crippen molar-refractivity contribution >= 4 is 35.5 Å². The molecule has 0 saturated carbocycles. The van der Waals surface area contributed by atoms with E-state index in [1.54, 1.807) is 0 Å². The van der Waals surface area contributed by atoms with Crippen LogP contribution in [-0.4, -0.2) is 252 Å². The minimum Gasteiger partial charge on any atom is -0.507 e. The Morgan fingerprint density at radius 1 is 0.527 bits per heavy atom. The standard InChI is InChI=1S/C42H69N5O27/c1-14(52)43-25(38(64)65)30(58)20(7-9-48)68-39(66)26(44-15(2)53)31(59)21(8-10-49)69-40-28(46-17(4)55)34(62)36(22(11-50)70-40)74-42-29(47-18(5)56)35(63)37(23(12-51)71-42)73-41-27(45-16(3)54)33(61)32(60)24(72-41)13-67-19(6)57/h20-24,27-29,32-42,48-51,58-66H,7-13H2,1-6H3,(H,43,52)(H,44,53)(H,45,54)(H,46,55)(H,47,56)/b30-25+,31-26-. The first-order valence-electron chi connectivity index (χ1n) is 22.8. The molecule has 18 N–H and O–H groups in total. The lowest BCUT2D eigenvalue weighted by molar-refractivity contribution is -0.354. The minimum atomic E-state index is -2.53. The number of hydrogen-bond donors (Lipinski definition) is 18. The quantitative estimate of drug-likeness (QED) is 0.0229. The summed E-state index contributed by atoms with van der Waals surface area (Å²) in [5.41, 5.74) is -1.88. The molecule has 74 heavy (non-hydrogen) atoms. The van der Waals surface area contributed by atoms with E-state index in [0.717, 1.165) is 41.5 Å². The van der Waals surface area contributed by atoms with Gasteiger partial charge >= 0.3 is 5.97 Å². The number of aliphatic hydroxyl groups excluding tert-OH is 12. The first kappa shape index (κ1) is 63.5. The van der Waals surface area contributed by atoms with Crippen molar-refractivity contribution in [3.63, 3.8) is 0 Å². The maximum Gasteiger partial charge on any atom is 0.302 e. The molecule has 424 valence electrons. The van der Waals surface area contributed by atoms with E-state index in [4.69, 9.17) is 37.9 Å². The third kappa shape index (κ3) is 17.4. The first-order chi connectivity index (χ1) is 34.7. The fourth-order valence-corrected chi connectivity index (χ4v) is 7.96. The van der Waals surface area contributed by atoms with Gasteiger partial charge in [0.15, 0.2) is 25.2 Å². The normalized spacial score (nSPS) is 32.2. The van der Waals surface area contributed by atoms with Gasteiger partial charge in [0.05, 0.1) is 13.2 Å². The zero-order valence-corrected chi connectivity index (χ0v) is 40.9. The van der Waals surface area contributed by atoms with Crippen LogP contribution < -0.4 is 26.6 Å². The Morgan fingerprint density at radius 3 is 1.35 bits per heavy atom. The Bertz CT molecular complexity index is 1960. The second-order valence-corrected chi connectivity index (χ2v) is 17.1. The van der Waals surface area contributed by atoms with Gasteiger partial charge in [-0.3, -0.25) is 28.8 Å². The zero-order valence-electron chi connectivity index (χ0n) is 40.9. The van der Waals surface area contributed by atoms with Crippen LogP contribution in [0.1, 0.15) is 54.4 Å². The van der Waals surface area contributed by atoms with Gasteiger partial charge in [-0.2, -0.15) is 0 Å².